The summed E-state index contributed by atoms with van der Waals surface area (Å²) in [5.41, 5.74) is 1.13. The molecule has 1 fully saturated rings. The maximum atomic E-state index is 13.7. The molecule has 150 valence electrons. The normalized spacial score (nSPS) is 16.4. The summed E-state index contributed by atoms with van der Waals surface area (Å²) in [5, 5.41) is 2.97. The van der Waals surface area contributed by atoms with Crippen LogP contribution in [-0.4, -0.2) is 43.7 Å². The van der Waals surface area contributed by atoms with Gasteiger partial charge in [0.15, 0.2) is 17.7 Å². The van der Waals surface area contributed by atoms with Crippen LogP contribution in [0.2, 0.25) is 0 Å². The van der Waals surface area contributed by atoms with Crippen LogP contribution in [0.15, 0.2) is 48.5 Å². The zero-order valence-electron chi connectivity index (χ0n) is 16.4. The van der Waals surface area contributed by atoms with E-state index in [1.165, 1.54) is 12.1 Å². The zero-order valence-corrected chi connectivity index (χ0v) is 16.4. The highest BCUT2D eigenvalue weighted by atomic mass is 19.1. The van der Waals surface area contributed by atoms with E-state index in [2.05, 4.69) is 10.2 Å². The molecule has 1 aliphatic heterocycles. The second-order valence-electron chi connectivity index (χ2n) is 6.97. The van der Waals surface area contributed by atoms with Gasteiger partial charge in [0, 0.05) is 6.54 Å². The minimum Gasteiger partial charge on any atom is -0.497 e. The van der Waals surface area contributed by atoms with E-state index in [0.717, 1.165) is 37.2 Å². The summed E-state index contributed by atoms with van der Waals surface area (Å²) >= 11 is 0. The van der Waals surface area contributed by atoms with Gasteiger partial charge >= 0.3 is 0 Å². The summed E-state index contributed by atoms with van der Waals surface area (Å²) in [6, 6.07) is 14.1. The van der Waals surface area contributed by atoms with E-state index in [0.29, 0.717) is 6.54 Å². The first-order chi connectivity index (χ1) is 13.6. The number of methoxy groups -OCH3 is 1. The van der Waals surface area contributed by atoms with Crippen molar-refractivity contribution >= 4 is 5.91 Å². The number of rotatable bonds is 8. The fraction of sp³-hybridized carbons (Fsp3) is 0.409. The van der Waals surface area contributed by atoms with Gasteiger partial charge in [0.2, 0.25) is 0 Å². The Morgan fingerprint density at radius 1 is 1.14 bits per heavy atom. The molecule has 5 nitrogen and oxygen atoms in total. The minimum atomic E-state index is -0.785. The molecule has 28 heavy (non-hydrogen) atoms. The minimum absolute atomic E-state index is 0.0800. The first-order valence-electron chi connectivity index (χ1n) is 9.65. The molecule has 0 unspecified atom stereocenters. The lowest BCUT2D eigenvalue weighted by molar-refractivity contribution is -0.127. The van der Waals surface area contributed by atoms with E-state index in [1.54, 1.807) is 26.2 Å². The van der Waals surface area contributed by atoms with Crippen LogP contribution in [-0.2, 0) is 4.79 Å². The highest BCUT2D eigenvalue weighted by Gasteiger charge is 2.25. The van der Waals surface area contributed by atoms with Crippen LogP contribution >= 0.6 is 0 Å². The van der Waals surface area contributed by atoms with Crippen molar-refractivity contribution in [3.63, 3.8) is 0 Å². The molecule has 0 spiro atoms. The molecular weight excluding hydrogens is 359 g/mol. The number of nitrogens with zero attached hydrogens (tertiary/aromatic N) is 1. The number of para-hydroxylation sites is 1. The molecule has 0 radical (unpaired) electrons. The molecule has 1 heterocycles. The van der Waals surface area contributed by atoms with Gasteiger partial charge in [-0.05, 0) is 62.7 Å². The fourth-order valence-corrected chi connectivity index (χ4v) is 3.46. The van der Waals surface area contributed by atoms with Gasteiger partial charge in [-0.2, -0.15) is 0 Å². The van der Waals surface area contributed by atoms with Crippen molar-refractivity contribution in [2.45, 2.75) is 31.9 Å². The van der Waals surface area contributed by atoms with Gasteiger partial charge in [0.05, 0.1) is 13.2 Å². The molecule has 1 saturated heterocycles. The molecule has 2 aromatic carbocycles. The third-order valence-corrected chi connectivity index (χ3v) is 5.06. The van der Waals surface area contributed by atoms with E-state index in [-0.39, 0.29) is 17.7 Å². The quantitative estimate of drug-likeness (QED) is 0.754. The standard InChI is InChI=1S/C22H27FN2O3/c1-16(28-21-8-4-3-7-19(21)23)22(26)24-15-20(25-13-5-6-14-25)17-9-11-18(27-2)12-10-17/h3-4,7-12,16,20H,5-6,13-15H2,1-2H3,(H,24,26)/t16-,20+/m1/s1. The van der Waals surface area contributed by atoms with E-state index < -0.39 is 11.9 Å². The molecule has 2 aromatic rings. The lowest BCUT2D eigenvalue weighted by Gasteiger charge is -2.29. The topological polar surface area (TPSA) is 50.8 Å². The molecule has 0 saturated carbocycles. The predicted molar refractivity (Wildman–Crippen MR) is 106 cm³/mol. The van der Waals surface area contributed by atoms with Crippen molar-refractivity contribution in [1.29, 1.82) is 0 Å². The molecule has 6 heteroatoms. The van der Waals surface area contributed by atoms with Crippen molar-refractivity contribution < 1.29 is 18.7 Å². The Labute approximate surface area is 165 Å². The molecule has 0 aliphatic carbocycles. The number of hydrogen-bond acceptors (Lipinski definition) is 4. The van der Waals surface area contributed by atoms with Gasteiger partial charge in [0.25, 0.3) is 5.91 Å². The number of carbonyl (C=O) groups is 1. The summed E-state index contributed by atoms with van der Waals surface area (Å²) in [5.74, 6) is 0.146. The number of benzene rings is 2. The number of hydrogen-bond donors (Lipinski definition) is 1. The Bertz CT molecular complexity index is 776. The molecule has 3 rings (SSSR count). The SMILES string of the molecule is COc1ccc([C@H](CNC(=O)[C@@H](C)Oc2ccccc2F)N2CCCC2)cc1. The van der Waals surface area contributed by atoms with Crippen LogP contribution in [0.3, 0.4) is 0 Å². The second-order valence-corrected chi connectivity index (χ2v) is 6.97. The number of ether oxygens (including phenoxy) is 2. The summed E-state index contributed by atoms with van der Waals surface area (Å²) in [7, 11) is 1.64. The smallest absolute Gasteiger partial charge is 0.260 e. The third kappa shape index (κ3) is 5.01. The second kappa shape index (κ2) is 9.55. The molecule has 1 aliphatic rings. The van der Waals surface area contributed by atoms with Crippen LogP contribution in [0.4, 0.5) is 4.39 Å². The zero-order chi connectivity index (χ0) is 19.9. The molecule has 1 amide bonds. The largest absolute Gasteiger partial charge is 0.497 e. The van der Waals surface area contributed by atoms with E-state index in [4.69, 9.17) is 9.47 Å². The van der Waals surface area contributed by atoms with Crippen molar-refractivity contribution in [2.75, 3.05) is 26.7 Å². The van der Waals surface area contributed by atoms with Crippen LogP contribution in [0.1, 0.15) is 31.4 Å². The third-order valence-electron chi connectivity index (χ3n) is 5.06. The number of carbonyl (C=O) groups excluding carboxylic acids is 1. The number of nitrogens with one attached hydrogen (secondary N) is 1. The average Bonchev–Trinajstić information content (AvgIpc) is 3.24. The van der Waals surface area contributed by atoms with Gasteiger partial charge in [-0.3, -0.25) is 9.69 Å². The van der Waals surface area contributed by atoms with Gasteiger partial charge in [-0.25, -0.2) is 4.39 Å². The Kier molecular flexibility index (Phi) is 6.87. The van der Waals surface area contributed by atoms with Gasteiger partial charge < -0.3 is 14.8 Å². The fourth-order valence-electron chi connectivity index (χ4n) is 3.46. The Hall–Kier alpha value is -2.60. The monoisotopic (exact) mass is 386 g/mol. The van der Waals surface area contributed by atoms with E-state index in [1.807, 2.05) is 24.3 Å². The first-order valence-corrected chi connectivity index (χ1v) is 9.65. The lowest BCUT2D eigenvalue weighted by atomic mass is 10.1. The number of amides is 1. The van der Waals surface area contributed by atoms with Crippen LogP contribution in [0.5, 0.6) is 11.5 Å². The van der Waals surface area contributed by atoms with E-state index >= 15 is 0 Å². The van der Waals surface area contributed by atoms with Crippen molar-refractivity contribution in [3.8, 4) is 11.5 Å². The van der Waals surface area contributed by atoms with Crippen LogP contribution < -0.4 is 14.8 Å². The molecule has 1 N–H and O–H groups in total. The highest BCUT2D eigenvalue weighted by Crippen LogP contribution is 2.26. The van der Waals surface area contributed by atoms with Gasteiger partial charge in [0.1, 0.15) is 5.75 Å². The highest BCUT2D eigenvalue weighted by molar-refractivity contribution is 5.80. The summed E-state index contributed by atoms with van der Waals surface area (Å²) in [6.07, 6.45) is 1.54. The Balaban J connectivity index is 1.63. The number of likely N-dealkylation sites (tertiary alicyclic amines) is 1. The molecule has 2 atom stereocenters. The van der Waals surface area contributed by atoms with Gasteiger partial charge in [-0.1, -0.05) is 24.3 Å². The van der Waals surface area contributed by atoms with Crippen LogP contribution in [0.25, 0.3) is 0 Å². The van der Waals surface area contributed by atoms with Crippen molar-refractivity contribution in [2.24, 2.45) is 0 Å². The number of halogens is 1. The van der Waals surface area contributed by atoms with Crippen molar-refractivity contribution in [3.05, 3.63) is 59.9 Å². The maximum Gasteiger partial charge on any atom is 0.260 e. The lowest BCUT2D eigenvalue weighted by Crippen LogP contribution is -2.42. The predicted octanol–water partition coefficient (Wildman–Crippen LogP) is 3.55. The average molecular weight is 386 g/mol. The summed E-state index contributed by atoms with van der Waals surface area (Å²) < 4.78 is 24.5. The van der Waals surface area contributed by atoms with E-state index in [9.17, 15) is 9.18 Å². The van der Waals surface area contributed by atoms with Crippen molar-refractivity contribution in [1.82, 2.24) is 10.2 Å². The molecule has 0 aromatic heterocycles. The summed E-state index contributed by atoms with van der Waals surface area (Å²) in [6.45, 7) is 4.11. The van der Waals surface area contributed by atoms with Gasteiger partial charge in [-0.15, -0.1) is 0 Å². The Morgan fingerprint density at radius 3 is 2.46 bits per heavy atom. The first kappa shape index (κ1) is 20.1. The molecule has 0 bridgehead atoms. The Morgan fingerprint density at radius 2 is 1.82 bits per heavy atom. The maximum absolute atomic E-state index is 13.7. The summed E-state index contributed by atoms with van der Waals surface area (Å²) in [4.78, 5) is 14.9. The molecular formula is C22H27FN2O3. The van der Waals surface area contributed by atoms with Crippen LogP contribution in [0, 0.1) is 5.82 Å².